The Morgan fingerprint density at radius 2 is 1.69 bits per heavy atom. The van der Waals surface area contributed by atoms with E-state index in [0.717, 1.165) is 5.56 Å². The van der Waals surface area contributed by atoms with Crippen molar-refractivity contribution in [2.45, 2.75) is 13.2 Å². The maximum absolute atomic E-state index is 5.56. The van der Waals surface area contributed by atoms with E-state index in [2.05, 4.69) is 4.98 Å². The zero-order valence-electron chi connectivity index (χ0n) is 8.97. The van der Waals surface area contributed by atoms with Crippen molar-refractivity contribution in [2.75, 3.05) is 5.73 Å². The lowest BCUT2D eigenvalue weighted by atomic mass is 10.2. The Hall–Kier alpha value is -1.87. The molecule has 0 atom stereocenters. The van der Waals surface area contributed by atoms with Crippen LogP contribution in [0.15, 0.2) is 48.7 Å². The third-order valence-electron chi connectivity index (χ3n) is 2.23. The summed E-state index contributed by atoms with van der Waals surface area (Å²) in [5, 5.41) is 0. The number of rotatable bonds is 4. The topological polar surface area (TPSA) is 48.1 Å². The Morgan fingerprint density at radius 3 is 2.38 bits per heavy atom. The first kappa shape index (κ1) is 10.6. The molecule has 0 saturated heterocycles. The molecule has 0 aliphatic carbocycles. The first-order chi connectivity index (χ1) is 7.84. The predicted molar refractivity (Wildman–Crippen MR) is 63.6 cm³/mol. The molecule has 3 heteroatoms. The average molecular weight is 214 g/mol. The molecule has 0 radical (unpaired) electrons. The normalized spacial score (nSPS) is 10.2. The summed E-state index contributed by atoms with van der Waals surface area (Å²) in [6.07, 6.45) is 1.74. The van der Waals surface area contributed by atoms with E-state index < -0.39 is 0 Å². The highest BCUT2D eigenvalue weighted by atomic mass is 16.5. The molecule has 2 rings (SSSR count). The van der Waals surface area contributed by atoms with E-state index in [1.807, 2.05) is 36.4 Å². The van der Waals surface area contributed by atoms with Crippen LogP contribution in [0.25, 0.3) is 0 Å². The number of hydrogen-bond acceptors (Lipinski definition) is 3. The summed E-state index contributed by atoms with van der Waals surface area (Å²) in [4.78, 5) is 4.00. The minimum absolute atomic E-state index is 0.534. The van der Waals surface area contributed by atoms with E-state index in [1.165, 1.54) is 5.56 Å². The number of hydrogen-bond donors (Lipinski definition) is 1. The molecule has 0 aliphatic heterocycles. The minimum atomic E-state index is 0.534. The Labute approximate surface area is 94.9 Å². The number of nitrogen functional groups attached to an aromatic ring is 1. The molecule has 0 bridgehead atoms. The van der Waals surface area contributed by atoms with Gasteiger partial charge >= 0.3 is 0 Å². The van der Waals surface area contributed by atoms with E-state index in [9.17, 15) is 0 Å². The van der Waals surface area contributed by atoms with E-state index in [-0.39, 0.29) is 0 Å². The monoisotopic (exact) mass is 214 g/mol. The second kappa shape index (κ2) is 5.28. The van der Waals surface area contributed by atoms with E-state index in [4.69, 9.17) is 10.5 Å². The van der Waals surface area contributed by atoms with Gasteiger partial charge in [-0.1, -0.05) is 36.4 Å². The summed E-state index contributed by atoms with van der Waals surface area (Å²) in [6, 6.07) is 13.8. The lowest BCUT2D eigenvalue weighted by molar-refractivity contribution is 0.107. The molecule has 0 aliphatic rings. The lowest BCUT2D eigenvalue weighted by Gasteiger charge is -2.04. The van der Waals surface area contributed by atoms with Gasteiger partial charge in [0.05, 0.1) is 13.2 Å². The van der Waals surface area contributed by atoms with Gasteiger partial charge in [-0.15, -0.1) is 0 Å². The highest BCUT2D eigenvalue weighted by molar-refractivity contribution is 5.28. The molecule has 1 aromatic carbocycles. The molecule has 1 aromatic heterocycles. The zero-order chi connectivity index (χ0) is 11.2. The largest absolute Gasteiger partial charge is 0.384 e. The van der Waals surface area contributed by atoms with Gasteiger partial charge in [0.15, 0.2) is 0 Å². The maximum atomic E-state index is 5.56. The summed E-state index contributed by atoms with van der Waals surface area (Å²) >= 11 is 0. The van der Waals surface area contributed by atoms with Gasteiger partial charge in [0.2, 0.25) is 0 Å². The van der Waals surface area contributed by atoms with Gasteiger partial charge in [0, 0.05) is 6.20 Å². The number of nitrogens with two attached hydrogens (primary N) is 1. The zero-order valence-corrected chi connectivity index (χ0v) is 8.97. The van der Waals surface area contributed by atoms with Crippen molar-refractivity contribution >= 4 is 5.82 Å². The summed E-state index contributed by atoms with van der Waals surface area (Å²) in [5.41, 5.74) is 7.70. The summed E-state index contributed by atoms with van der Waals surface area (Å²) in [5.74, 6) is 0.534. The fourth-order valence-corrected chi connectivity index (χ4v) is 1.38. The Kier molecular flexibility index (Phi) is 3.51. The summed E-state index contributed by atoms with van der Waals surface area (Å²) in [7, 11) is 0. The third-order valence-corrected chi connectivity index (χ3v) is 2.23. The van der Waals surface area contributed by atoms with Crippen LogP contribution in [0.2, 0.25) is 0 Å². The van der Waals surface area contributed by atoms with Crippen LogP contribution in [-0.2, 0) is 18.0 Å². The third kappa shape index (κ3) is 3.07. The van der Waals surface area contributed by atoms with Crippen LogP contribution in [0.3, 0.4) is 0 Å². The van der Waals surface area contributed by atoms with Crippen molar-refractivity contribution in [1.82, 2.24) is 4.98 Å². The number of ether oxygens (including phenoxy) is 1. The molecule has 3 nitrogen and oxygen atoms in total. The SMILES string of the molecule is Nc1ccc(COCc2ccccc2)cn1. The summed E-state index contributed by atoms with van der Waals surface area (Å²) in [6.45, 7) is 1.17. The average Bonchev–Trinajstić information content (AvgIpc) is 2.33. The fourth-order valence-electron chi connectivity index (χ4n) is 1.38. The van der Waals surface area contributed by atoms with Gasteiger partial charge in [0.1, 0.15) is 5.82 Å². The number of aromatic nitrogens is 1. The number of anilines is 1. The van der Waals surface area contributed by atoms with Crippen molar-refractivity contribution in [1.29, 1.82) is 0 Å². The van der Waals surface area contributed by atoms with Crippen LogP contribution < -0.4 is 5.73 Å². The van der Waals surface area contributed by atoms with Crippen molar-refractivity contribution in [3.63, 3.8) is 0 Å². The molecule has 2 aromatic rings. The van der Waals surface area contributed by atoms with Crippen LogP contribution in [0, 0.1) is 0 Å². The van der Waals surface area contributed by atoms with Gasteiger partial charge in [-0.3, -0.25) is 0 Å². The second-order valence-corrected chi connectivity index (χ2v) is 3.57. The van der Waals surface area contributed by atoms with Crippen LogP contribution >= 0.6 is 0 Å². The van der Waals surface area contributed by atoms with Gasteiger partial charge in [-0.2, -0.15) is 0 Å². The fraction of sp³-hybridized carbons (Fsp3) is 0.154. The number of benzene rings is 1. The molecular formula is C13H14N2O. The number of nitrogens with zero attached hydrogens (tertiary/aromatic N) is 1. The minimum Gasteiger partial charge on any atom is -0.384 e. The molecule has 0 saturated carbocycles. The molecule has 82 valence electrons. The Bertz CT molecular complexity index is 425. The van der Waals surface area contributed by atoms with Crippen LogP contribution in [0.4, 0.5) is 5.82 Å². The van der Waals surface area contributed by atoms with Gasteiger partial charge in [-0.05, 0) is 17.2 Å². The first-order valence-electron chi connectivity index (χ1n) is 5.16. The first-order valence-corrected chi connectivity index (χ1v) is 5.16. The smallest absolute Gasteiger partial charge is 0.123 e. The molecule has 2 N–H and O–H groups in total. The second-order valence-electron chi connectivity index (χ2n) is 3.57. The molecule has 0 fully saturated rings. The molecule has 0 spiro atoms. The van der Waals surface area contributed by atoms with E-state index in [0.29, 0.717) is 19.0 Å². The molecule has 0 amide bonds. The van der Waals surface area contributed by atoms with Crippen molar-refractivity contribution < 1.29 is 4.74 Å². The van der Waals surface area contributed by atoms with Gasteiger partial charge in [0.25, 0.3) is 0 Å². The van der Waals surface area contributed by atoms with Gasteiger partial charge in [-0.25, -0.2) is 4.98 Å². The van der Waals surface area contributed by atoms with E-state index in [1.54, 1.807) is 12.3 Å². The van der Waals surface area contributed by atoms with E-state index >= 15 is 0 Å². The lowest BCUT2D eigenvalue weighted by Crippen LogP contribution is -1.96. The summed E-state index contributed by atoms with van der Waals surface area (Å²) < 4.78 is 5.56. The van der Waals surface area contributed by atoms with Gasteiger partial charge < -0.3 is 10.5 Å². The molecule has 16 heavy (non-hydrogen) atoms. The standard InChI is InChI=1S/C13H14N2O/c14-13-7-6-12(8-15-13)10-16-9-11-4-2-1-3-5-11/h1-8H,9-10H2,(H2,14,15). The van der Waals surface area contributed by atoms with Crippen molar-refractivity contribution in [3.8, 4) is 0 Å². The Morgan fingerprint density at radius 1 is 0.938 bits per heavy atom. The van der Waals surface area contributed by atoms with Crippen LogP contribution in [0.5, 0.6) is 0 Å². The Balaban J connectivity index is 1.82. The molecular weight excluding hydrogens is 200 g/mol. The highest BCUT2D eigenvalue weighted by Gasteiger charge is 1.95. The molecule has 0 unspecified atom stereocenters. The quantitative estimate of drug-likeness (QED) is 0.850. The van der Waals surface area contributed by atoms with Crippen molar-refractivity contribution in [2.24, 2.45) is 0 Å². The molecule has 1 heterocycles. The highest BCUT2D eigenvalue weighted by Crippen LogP contribution is 2.06. The van der Waals surface area contributed by atoms with Crippen LogP contribution in [-0.4, -0.2) is 4.98 Å². The van der Waals surface area contributed by atoms with Crippen LogP contribution in [0.1, 0.15) is 11.1 Å². The maximum Gasteiger partial charge on any atom is 0.123 e. The van der Waals surface area contributed by atoms with Crippen molar-refractivity contribution in [3.05, 3.63) is 59.8 Å². The number of pyridine rings is 1. The predicted octanol–water partition coefficient (Wildman–Crippen LogP) is 2.38.